The summed E-state index contributed by atoms with van der Waals surface area (Å²) in [6.45, 7) is 5.80. The Kier molecular flexibility index (Phi) is 11.6. The minimum Gasteiger partial charge on any atom is -0.357 e. The maximum atomic E-state index is 12.1. The first-order chi connectivity index (χ1) is 13.0. The van der Waals surface area contributed by atoms with Crippen molar-refractivity contribution in [1.29, 1.82) is 0 Å². The molecule has 0 spiro atoms. The average Bonchev–Trinajstić information content (AvgIpc) is 3.13. The molecule has 1 aromatic carbocycles. The molecule has 28 heavy (non-hydrogen) atoms. The zero-order valence-corrected chi connectivity index (χ0v) is 20.1. The number of nitrogens with zero attached hydrogens (tertiary/aromatic N) is 2. The van der Waals surface area contributed by atoms with E-state index in [1.165, 1.54) is 4.88 Å². The predicted octanol–water partition coefficient (Wildman–Crippen LogP) is 2.50. The lowest BCUT2D eigenvalue weighted by atomic mass is 10.2. The van der Waals surface area contributed by atoms with Crippen LogP contribution in [0.5, 0.6) is 0 Å². The van der Waals surface area contributed by atoms with E-state index in [4.69, 9.17) is 0 Å². The Bertz CT molecular complexity index is 826. The average molecular weight is 537 g/mol. The van der Waals surface area contributed by atoms with Crippen molar-refractivity contribution >= 4 is 51.3 Å². The van der Waals surface area contributed by atoms with Crippen molar-refractivity contribution in [2.75, 3.05) is 18.8 Å². The summed E-state index contributed by atoms with van der Waals surface area (Å²) in [5.74, 6) is 0.561. The van der Waals surface area contributed by atoms with Crippen molar-refractivity contribution in [3.8, 4) is 0 Å². The highest BCUT2D eigenvalue weighted by molar-refractivity contribution is 14.0. The van der Waals surface area contributed by atoms with Crippen LogP contribution in [0.2, 0.25) is 0 Å². The van der Waals surface area contributed by atoms with Crippen LogP contribution in [-0.4, -0.2) is 38.2 Å². The minimum absolute atomic E-state index is 0. The third-order valence-corrected chi connectivity index (χ3v) is 6.12. The summed E-state index contributed by atoms with van der Waals surface area (Å²) in [5, 5.41) is 7.13. The molecule has 1 aromatic heterocycles. The van der Waals surface area contributed by atoms with E-state index >= 15 is 0 Å². The van der Waals surface area contributed by atoms with Gasteiger partial charge in [0.15, 0.2) is 5.96 Å². The van der Waals surface area contributed by atoms with E-state index in [0.717, 1.165) is 17.0 Å². The van der Waals surface area contributed by atoms with Gasteiger partial charge in [-0.1, -0.05) is 37.3 Å². The van der Waals surface area contributed by atoms with Gasteiger partial charge in [0, 0.05) is 30.7 Å². The zero-order chi connectivity index (χ0) is 19.5. The molecule has 0 radical (unpaired) electrons. The van der Waals surface area contributed by atoms with Gasteiger partial charge in [0.05, 0.1) is 12.3 Å². The van der Waals surface area contributed by atoms with Gasteiger partial charge in [0.25, 0.3) is 0 Å². The molecule has 10 heteroatoms. The highest BCUT2D eigenvalue weighted by Crippen LogP contribution is 2.13. The van der Waals surface area contributed by atoms with Crippen LogP contribution in [0.15, 0.2) is 41.5 Å². The molecule has 0 atom stereocenters. The molecule has 0 bridgehead atoms. The van der Waals surface area contributed by atoms with Crippen LogP contribution in [0.1, 0.15) is 29.3 Å². The number of hydrogen-bond donors (Lipinski definition) is 3. The Hall–Kier alpha value is -1.24. The van der Waals surface area contributed by atoms with Crippen molar-refractivity contribution < 1.29 is 8.42 Å². The van der Waals surface area contributed by atoms with Gasteiger partial charge < -0.3 is 10.6 Å². The second-order valence-electron chi connectivity index (χ2n) is 5.82. The summed E-state index contributed by atoms with van der Waals surface area (Å²) < 4.78 is 26.9. The largest absolute Gasteiger partial charge is 0.357 e. The monoisotopic (exact) mass is 537 g/mol. The molecule has 156 valence electrons. The minimum atomic E-state index is -3.36. The lowest BCUT2D eigenvalue weighted by Crippen LogP contribution is -2.41. The van der Waals surface area contributed by atoms with E-state index in [1.807, 2.05) is 43.5 Å². The number of halogens is 1. The van der Waals surface area contributed by atoms with Gasteiger partial charge in [-0.25, -0.2) is 23.1 Å². The number of sulfonamides is 1. The molecule has 0 aliphatic carbocycles. The van der Waals surface area contributed by atoms with Gasteiger partial charge in [-0.3, -0.25) is 0 Å². The molecule has 2 rings (SSSR count). The van der Waals surface area contributed by atoms with E-state index in [0.29, 0.717) is 25.6 Å². The molecule has 1 heterocycles. The molecule has 0 amide bonds. The van der Waals surface area contributed by atoms with Crippen molar-refractivity contribution in [3.05, 3.63) is 52.0 Å². The second kappa shape index (κ2) is 13.1. The van der Waals surface area contributed by atoms with E-state index in [9.17, 15) is 8.42 Å². The lowest BCUT2D eigenvalue weighted by molar-refractivity contribution is 0.580. The van der Waals surface area contributed by atoms with Gasteiger partial charge in [-0.2, -0.15) is 0 Å². The molecule has 0 aliphatic heterocycles. The third-order valence-electron chi connectivity index (χ3n) is 3.67. The Morgan fingerprint density at radius 1 is 1.18 bits per heavy atom. The summed E-state index contributed by atoms with van der Waals surface area (Å²) in [5.41, 5.74) is 0.929. The number of benzene rings is 1. The SMILES string of the molecule is CCNC(=NCc1ncc(CC)s1)NCCS(=O)(=O)NCc1ccccc1.I. The van der Waals surface area contributed by atoms with Gasteiger partial charge in [0.2, 0.25) is 10.0 Å². The first-order valence-corrected chi connectivity index (χ1v) is 11.5. The number of hydrogen-bond acceptors (Lipinski definition) is 5. The first-order valence-electron chi connectivity index (χ1n) is 8.99. The molecule has 0 aliphatic rings. The maximum Gasteiger partial charge on any atom is 0.213 e. The molecule has 0 saturated heterocycles. The fourth-order valence-electron chi connectivity index (χ4n) is 2.24. The number of thiazole rings is 1. The zero-order valence-electron chi connectivity index (χ0n) is 16.1. The fraction of sp³-hybridized carbons (Fsp3) is 0.444. The van der Waals surface area contributed by atoms with E-state index < -0.39 is 10.0 Å². The number of aliphatic imine (C=N–C) groups is 1. The van der Waals surface area contributed by atoms with Crippen LogP contribution in [0, 0.1) is 0 Å². The fourth-order valence-corrected chi connectivity index (χ4v) is 3.93. The van der Waals surface area contributed by atoms with Gasteiger partial charge in [0.1, 0.15) is 5.01 Å². The maximum absolute atomic E-state index is 12.1. The highest BCUT2D eigenvalue weighted by Gasteiger charge is 2.10. The molecule has 3 N–H and O–H groups in total. The Morgan fingerprint density at radius 3 is 2.57 bits per heavy atom. The van der Waals surface area contributed by atoms with Gasteiger partial charge >= 0.3 is 0 Å². The first kappa shape index (κ1) is 24.8. The second-order valence-corrected chi connectivity index (χ2v) is 8.95. The van der Waals surface area contributed by atoms with Crippen LogP contribution in [-0.2, 0) is 29.5 Å². The normalized spacial score (nSPS) is 11.7. The topological polar surface area (TPSA) is 95.5 Å². The molecule has 0 saturated carbocycles. The summed E-state index contributed by atoms with van der Waals surface area (Å²) in [4.78, 5) is 10.0. The molecule has 0 unspecified atom stereocenters. The van der Waals surface area contributed by atoms with Gasteiger partial charge in [-0.15, -0.1) is 35.3 Å². The molecular weight excluding hydrogens is 509 g/mol. The smallest absolute Gasteiger partial charge is 0.213 e. The van der Waals surface area contributed by atoms with Crippen LogP contribution in [0.25, 0.3) is 0 Å². The van der Waals surface area contributed by atoms with Crippen molar-refractivity contribution in [3.63, 3.8) is 0 Å². The van der Waals surface area contributed by atoms with Crippen molar-refractivity contribution in [1.82, 2.24) is 20.3 Å². The van der Waals surface area contributed by atoms with Crippen LogP contribution < -0.4 is 15.4 Å². The lowest BCUT2D eigenvalue weighted by Gasteiger charge is -2.12. The molecule has 0 fully saturated rings. The van der Waals surface area contributed by atoms with Crippen LogP contribution in [0.4, 0.5) is 0 Å². The number of aryl methyl sites for hydroxylation is 1. The van der Waals surface area contributed by atoms with Gasteiger partial charge in [-0.05, 0) is 18.9 Å². The number of aromatic nitrogens is 1. The Balaban J connectivity index is 0.00000392. The van der Waals surface area contributed by atoms with Crippen LogP contribution in [0.3, 0.4) is 0 Å². The summed E-state index contributed by atoms with van der Waals surface area (Å²) in [7, 11) is -3.36. The van der Waals surface area contributed by atoms with E-state index in [2.05, 4.69) is 32.3 Å². The van der Waals surface area contributed by atoms with Crippen molar-refractivity contribution in [2.24, 2.45) is 4.99 Å². The van der Waals surface area contributed by atoms with E-state index in [1.54, 1.807) is 11.3 Å². The number of rotatable bonds is 10. The van der Waals surface area contributed by atoms with E-state index in [-0.39, 0.29) is 36.3 Å². The molecule has 7 nitrogen and oxygen atoms in total. The number of nitrogens with one attached hydrogen (secondary N) is 3. The summed E-state index contributed by atoms with van der Waals surface area (Å²) >= 11 is 1.65. The highest BCUT2D eigenvalue weighted by atomic mass is 127. The summed E-state index contributed by atoms with van der Waals surface area (Å²) in [6, 6.07) is 9.45. The predicted molar refractivity (Wildman–Crippen MR) is 127 cm³/mol. The molecular formula is C18H28IN5O2S2. The Labute approximate surface area is 188 Å². The molecule has 2 aromatic rings. The standard InChI is InChI=1S/C18H27N5O2S2.HI/c1-3-16-13-21-17(26-16)14-22-18(19-4-2)20-10-11-27(24,25)23-12-15-8-6-5-7-9-15;/h5-9,13,23H,3-4,10-12,14H2,1-2H3,(H2,19,20,22);1H. The quantitative estimate of drug-likeness (QED) is 0.246. The van der Waals surface area contributed by atoms with Crippen molar-refractivity contribution in [2.45, 2.75) is 33.4 Å². The number of guanidine groups is 1. The third kappa shape index (κ3) is 9.30. The summed E-state index contributed by atoms with van der Waals surface area (Å²) in [6.07, 6.45) is 2.84. The van der Waals surface area contributed by atoms with Crippen LogP contribution >= 0.6 is 35.3 Å². The Morgan fingerprint density at radius 2 is 1.93 bits per heavy atom.